The van der Waals surface area contributed by atoms with Crippen molar-refractivity contribution in [2.75, 3.05) is 7.05 Å². The van der Waals surface area contributed by atoms with Crippen LogP contribution in [0.5, 0.6) is 0 Å². The van der Waals surface area contributed by atoms with Gasteiger partial charge in [-0.3, -0.25) is 0 Å². The van der Waals surface area contributed by atoms with Gasteiger partial charge >= 0.3 is 17.1 Å². The summed E-state index contributed by atoms with van der Waals surface area (Å²) in [6, 6.07) is 0. The van der Waals surface area contributed by atoms with E-state index in [-0.39, 0.29) is 17.1 Å². The average molecular weight is 164 g/mol. The molecule has 0 aromatic carbocycles. The molecule has 0 N–H and O–H groups in total. The predicted molar refractivity (Wildman–Crippen MR) is 28.8 cm³/mol. The first-order valence-corrected chi connectivity index (χ1v) is 2.63. The Kier molecular flexibility index (Phi) is 3.66. The van der Waals surface area contributed by atoms with E-state index in [1.54, 1.807) is 11.9 Å². The van der Waals surface area contributed by atoms with Crippen LogP contribution in [0.15, 0.2) is 11.5 Å². The topological polar surface area (TPSA) is 3.24 Å². The molecule has 0 bridgehead atoms. The van der Waals surface area contributed by atoms with Crippen LogP contribution in [0.4, 0.5) is 0 Å². The molecule has 0 atom stereocenters. The zero-order chi connectivity index (χ0) is 4.41. The molecule has 7 heavy (non-hydrogen) atoms. The fourth-order valence-electron chi connectivity index (χ4n) is 0.323. The third-order valence-electron chi connectivity index (χ3n) is 0.602. The molecule has 1 heterocycles. The minimum absolute atomic E-state index is 0. The Hall–Kier alpha value is 0.439. The zero-order valence-electron chi connectivity index (χ0n) is 3.89. The van der Waals surface area contributed by atoms with Crippen molar-refractivity contribution in [2.24, 2.45) is 0 Å². The maximum absolute atomic E-state index is 2.04. The first-order chi connectivity index (χ1) is 2.89. The van der Waals surface area contributed by atoms with E-state index in [1.807, 2.05) is 29.4 Å². The Morgan fingerprint density at radius 3 is 2.57 bits per heavy atom. The molecule has 0 spiro atoms. The number of hydrogen-bond acceptors (Lipinski definition) is 2. The Morgan fingerprint density at radius 1 is 1.71 bits per heavy atom. The van der Waals surface area contributed by atoms with Crippen molar-refractivity contribution in [3.63, 3.8) is 0 Å². The van der Waals surface area contributed by atoms with Crippen LogP contribution in [-0.2, 0) is 17.1 Å². The molecule has 0 unspecified atom stereocenters. The van der Waals surface area contributed by atoms with Crippen LogP contribution < -0.4 is 0 Å². The van der Waals surface area contributed by atoms with E-state index < -0.39 is 0 Å². The minimum Gasteiger partial charge on any atom is -0.321 e. The number of nitrogens with zero attached hydrogens (tertiary/aromatic N) is 1. The second kappa shape index (κ2) is 3.44. The fourth-order valence-corrected chi connectivity index (χ4v) is 0.796. The van der Waals surface area contributed by atoms with Crippen molar-refractivity contribution in [3.8, 4) is 0 Å². The van der Waals surface area contributed by atoms with Gasteiger partial charge in [-0.05, 0) is 7.05 Å². The Morgan fingerprint density at radius 2 is 2.43 bits per heavy atom. The summed E-state index contributed by atoms with van der Waals surface area (Å²) in [5, 5.41) is 2.04. The number of hydrogen-bond donors (Lipinski definition) is 0. The van der Waals surface area contributed by atoms with Crippen LogP contribution >= 0.6 is 11.9 Å². The largest absolute Gasteiger partial charge is 1.00 e. The van der Waals surface area contributed by atoms with Gasteiger partial charge < -0.3 is 4.31 Å². The van der Waals surface area contributed by atoms with Crippen LogP contribution in [0.1, 0.15) is 0 Å². The van der Waals surface area contributed by atoms with E-state index in [4.69, 9.17) is 0 Å². The smallest absolute Gasteiger partial charge is 0.321 e. The van der Waals surface area contributed by atoms with E-state index in [1.165, 1.54) is 0 Å². The summed E-state index contributed by atoms with van der Waals surface area (Å²) >= 11 is 1.69. The van der Waals surface area contributed by atoms with Crippen molar-refractivity contribution < 1.29 is 17.1 Å². The second-order valence-electron chi connectivity index (χ2n) is 1.13. The van der Waals surface area contributed by atoms with Gasteiger partial charge in [-0.1, -0.05) is 0 Å². The summed E-state index contributed by atoms with van der Waals surface area (Å²) in [6.07, 6.45) is 2.02. The monoisotopic (exact) mass is 163 g/mol. The molecule has 0 saturated carbocycles. The SMILES string of the molecule is CN1[CH-]C=CS1.[Cu+]. The molecule has 0 fully saturated rings. The molecule has 0 amide bonds. The summed E-state index contributed by atoms with van der Waals surface area (Å²) in [5.74, 6) is 0. The van der Waals surface area contributed by atoms with Gasteiger partial charge in [0.15, 0.2) is 0 Å². The van der Waals surface area contributed by atoms with Crippen molar-refractivity contribution in [1.29, 1.82) is 0 Å². The third kappa shape index (κ3) is 2.29. The first-order valence-electron chi connectivity index (χ1n) is 1.79. The summed E-state index contributed by atoms with van der Waals surface area (Å²) in [7, 11) is 2.02. The van der Waals surface area contributed by atoms with Crippen LogP contribution in [0.3, 0.4) is 0 Å². The minimum atomic E-state index is 0. The summed E-state index contributed by atoms with van der Waals surface area (Å²) in [6.45, 7) is 2.02. The van der Waals surface area contributed by atoms with Crippen LogP contribution in [0.2, 0.25) is 0 Å². The molecule has 0 aromatic rings. The second-order valence-corrected chi connectivity index (χ2v) is 2.19. The van der Waals surface area contributed by atoms with Crippen molar-refractivity contribution in [2.45, 2.75) is 0 Å². The summed E-state index contributed by atoms with van der Waals surface area (Å²) in [5.41, 5.74) is 0. The standard InChI is InChI=1S/C4H6NS.Cu/c1-5-3-2-4-6-5;/h2-4H,1H3;/q-1;+1. The Labute approximate surface area is 58.8 Å². The van der Waals surface area contributed by atoms with Crippen LogP contribution in [0.25, 0.3) is 0 Å². The van der Waals surface area contributed by atoms with Gasteiger partial charge in [0.1, 0.15) is 0 Å². The Bertz CT molecular complexity index is 66.1. The normalized spacial score (nSPS) is 18.4. The van der Waals surface area contributed by atoms with Crippen LogP contribution in [-0.4, -0.2) is 11.4 Å². The predicted octanol–water partition coefficient (Wildman–Crippen LogP) is 1.25. The van der Waals surface area contributed by atoms with Gasteiger partial charge in [-0.2, -0.15) is 23.9 Å². The summed E-state index contributed by atoms with van der Waals surface area (Å²) in [4.78, 5) is 0. The van der Waals surface area contributed by atoms with Gasteiger partial charge in [0.05, 0.1) is 0 Å². The van der Waals surface area contributed by atoms with E-state index in [9.17, 15) is 0 Å². The zero-order valence-corrected chi connectivity index (χ0v) is 5.65. The van der Waals surface area contributed by atoms with E-state index in [0.29, 0.717) is 0 Å². The first kappa shape index (κ1) is 7.44. The van der Waals surface area contributed by atoms with Crippen molar-refractivity contribution in [1.82, 2.24) is 4.31 Å². The Balaban J connectivity index is 0.000000360. The molecule has 3 heteroatoms. The molecule has 0 saturated heterocycles. The maximum atomic E-state index is 2.04. The molecular formula is C4H6CuNS. The van der Waals surface area contributed by atoms with Gasteiger partial charge in [-0.25, -0.2) is 6.08 Å². The molecular weight excluding hydrogens is 158 g/mol. The van der Waals surface area contributed by atoms with E-state index in [0.717, 1.165) is 0 Å². The molecule has 0 aromatic heterocycles. The van der Waals surface area contributed by atoms with Crippen LogP contribution in [0, 0.1) is 6.54 Å². The molecule has 0 aliphatic carbocycles. The van der Waals surface area contributed by atoms with E-state index in [2.05, 4.69) is 0 Å². The quantitative estimate of drug-likeness (QED) is 0.301. The molecule has 0 radical (unpaired) electrons. The van der Waals surface area contributed by atoms with Crippen molar-refractivity contribution >= 4 is 11.9 Å². The molecule has 1 aliphatic rings. The van der Waals surface area contributed by atoms with E-state index >= 15 is 0 Å². The molecule has 44 valence electrons. The van der Waals surface area contributed by atoms with Gasteiger partial charge in [0.25, 0.3) is 0 Å². The third-order valence-corrected chi connectivity index (χ3v) is 1.33. The fraction of sp³-hybridized carbons (Fsp3) is 0.250. The summed E-state index contributed by atoms with van der Waals surface area (Å²) < 4.78 is 2.04. The molecule has 1 nitrogen and oxygen atoms in total. The van der Waals surface area contributed by atoms with Gasteiger partial charge in [0.2, 0.25) is 0 Å². The molecule has 1 rings (SSSR count). The number of likely N-dealkylation sites (N-methyl/N-ethyl adjacent to an activating group) is 1. The number of rotatable bonds is 0. The molecule has 1 aliphatic heterocycles. The average Bonchev–Trinajstić information content (AvgIpc) is 1.86. The maximum Gasteiger partial charge on any atom is 1.00 e. The van der Waals surface area contributed by atoms with Crippen molar-refractivity contribution in [3.05, 3.63) is 18.0 Å². The van der Waals surface area contributed by atoms with Gasteiger partial charge in [-0.15, -0.1) is 0 Å². The van der Waals surface area contributed by atoms with Gasteiger partial charge in [0, 0.05) is 0 Å².